The molecule has 4 heteroatoms. The predicted octanol–water partition coefficient (Wildman–Crippen LogP) is 3.66. The number of rotatable bonds is 5. The van der Waals surface area contributed by atoms with E-state index >= 15 is 0 Å². The van der Waals surface area contributed by atoms with Crippen LogP contribution >= 0.6 is 0 Å². The minimum atomic E-state index is -0.488. The zero-order valence-corrected chi connectivity index (χ0v) is 14.0. The van der Waals surface area contributed by atoms with E-state index in [0.29, 0.717) is 12.1 Å². The van der Waals surface area contributed by atoms with Gasteiger partial charge < -0.3 is 9.64 Å². The van der Waals surface area contributed by atoms with Gasteiger partial charge in [0.2, 0.25) is 0 Å². The molecule has 4 nitrogen and oxygen atoms in total. The van der Waals surface area contributed by atoms with E-state index in [0.717, 1.165) is 16.3 Å². The summed E-state index contributed by atoms with van der Waals surface area (Å²) < 4.78 is 5.23. The average Bonchev–Trinajstić information content (AvgIpc) is 2.66. The summed E-state index contributed by atoms with van der Waals surface area (Å²) in [7, 11) is 1.70. The topological polar surface area (TPSA) is 46.6 Å². The second-order valence-corrected chi connectivity index (χ2v) is 5.84. The molecule has 0 N–H and O–H groups in total. The Morgan fingerprint density at radius 3 is 2.36 bits per heavy atom. The molecule has 0 atom stereocenters. The highest BCUT2D eigenvalue weighted by Gasteiger charge is 2.15. The van der Waals surface area contributed by atoms with Crippen LogP contribution in [0.4, 0.5) is 0 Å². The van der Waals surface area contributed by atoms with Gasteiger partial charge in [-0.05, 0) is 22.4 Å². The van der Waals surface area contributed by atoms with Crippen LogP contribution in [-0.4, -0.2) is 30.4 Å². The van der Waals surface area contributed by atoms with Crippen molar-refractivity contribution in [2.75, 3.05) is 13.7 Å². The highest BCUT2D eigenvalue weighted by Crippen LogP contribution is 2.19. The molecule has 3 rings (SSSR count). The van der Waals surface area contributed by atoms with Gasteiger partial charge in [-0.15, -0.1) is 0 Å². The van der Waals surface area contributed by atoms with Crippen molar-refractivity contribution < 1.29 is 14.3 Å². The monoisotopic (exact) mass is 333 g/mol. The molecule has 0 fully saturated rings. The number of benzene rings is 3. The Bertz CT molecular complexity index is 885. The summed E-state index contributed by atoms with van der Waals surface area (Å²) in [6.45, 7) is 0.205. The Morgan fingerprint density at radius 2 is 1.56 bits per heavy atom. The third kappa shape index (κ3) is 4.04. The van der Waals surface area contributed by atoms with Crippen molar-refractivity contribution in [1.29, 1.82) is 0 Å². The number of ether oxygens (including phenoxy) is 1. The molecule has 0 saturated carbocycles. The summed E-state index contributed by atoms with van der Waals surface area (Å²) in [5.74, 6) is -0.726. The first-order valence-electron chi connectivity index (χ1n) is 8.08. The molecule has 0 aliphatic rings. The number of likely N-dealkylation sites (N-methyl/N-ethyl adjacent to an activating group) is 1. The van der Waals surface area contributed by atoms with Gasteiger partial charge in [0.25, 0.3) is 5.91 Å². The Morgan fingerprint density at radius 1 is 0.880 bits per heavy atom. The number of fused-ring (bicyclic) bond motifs is 1. The Kier molecular flexibility index (Phi) is 5.09. The number of hydrogen-bond acceptors (Lipinski definition) is 3. The van der Waals surface area contributed by atoms with Gasteiger partial charge in [-0.1, -0.05) is 66.7 Å². The van der Waals surface area contributed by atoms with Crippen molar-refractivity contribution in [1.82, 2.24) is 4.90 Å². The molecular weight excluding hydrogens is 314 g/mol. The fourth-order valence-electron chi connectivity index (χ4n) is 2.66. The molecular formula is C21H19NO3. The third-order valence-electron chi connectivity index (χ3n) is 4.02. The van der Waals surface area contributed by atoms with E-state index in [9.17, 15) is 9.59 Å². The quantitative estimate of drug-likeness (QED) is 0.670. The van der Waals surface area contributed by atoms with Crippen LogP contribution in [0.5, 0.6) is 0 Å². The molecule has 0 spiro atoms. The number of hydrogen-bond donors (Lipinski definition) is 0. The molecule has 0 unspecified atom stereocenters. The van der Waals surface area contributed by atoms with E-state index in [-0.39, 0.29) is 12.5 Å². The lowest BCUT2D eigenvalue weighted by atomic mass is 10.1. The van der Waals surface area contributed by atoms with Crippen LogP contribution in [0.25, 0.3) is 10.8 Å². The molecule has 0 radical (unpaired) electrons. The standard InChI is InChI=1S/C21H19NO3/c1-22(14-16-8-3-2-4-9-16)20(23)15-25-21(24)19-13-7-11-17-10-5-6-12-18(17)19/h2-13H,14-15H2,1H3. The van der Waals surface area contributed by atoms with Gasteiger partial charge in [0.15, 0.2) is 6.61 Å². The minimum absolute atomic E-state index is 0.238. The second-order valence-electron chi connectivity index (χ2n) is 5.84. The molecule has 0 aliphatic carbocycles. The van der Waals surface area contributed by atoms with Crippen LogP contribution in [0.15, 0.2) is 72.8 Å². The lowest BCUT2D eigenvalue weighted by Gasteiger charge is -2.17. The van der Waals surface area contributed by atoms with E-state index in [2.05, 4.69) is 0 Å². The highest BCUT2D eigenvalue weighted by molar-refractivity contribution is 6.04. The van der Waals surface area contributed by atoms with Gasteiger partial charge in [-0.25, -0.2) is 4.79 Å². The first kappa shape index (κ1) is 16.7. The Labute approximate surface area is 146 Å². The van der Waals surface area contributed by atoms with Crippen molar-refractivity contribution in [2.24, 2.45) is 0 Å². The molecule has 3 aromatic rings. The van der Waals surface area contributed by atoms with Crippen LogP contribution < -0.4 is 0 Å². The number of carbonyl (C=O) groups is 2. The number of nitrogens with zero attached hydrogens (tertiary/aromatic N) is 1. The van der Waals surface area contributed by atoms with Gasteiger partial charge in [0.1, 0.15) is 0 Å². The number of carbonyl (C=O) groups excluding carboxylic acids is 2. The largest absolute Gasteiger partial charge is 0.452 e. The summed E-state index contributed by atoms with van der Waals surface area (Å²) in [6.07, 6.45) is 0. The maximum absolute atomic E-state index is 12.4. The van der Waals surface area contributed by atoms with Gasteiger partial charge in [-0.2, -0.15) is 0 Å². The van der Waals surface area contributed by atoms with Crippen LogP contribution in [0.1, 0.15) is 15.9 Å². The zero-order valence-electron chi connectivity index (χ0n) is 14.0. The first-order valence-corrected chi connectivity index (χ1v) is 8.08. The lowest BCUT2D eigenvalue weighted by molar-refractivity contribution is -0.133. The molecule has 0 heterocycles. The maximum Gasteiger partial charge on any atom is 0.339 e. The van der Waals surface area contributed by atoms with Crippen molar-refractivity contribution in [3.05, 3.63) is 83.9 Å². The summed E-state index contributed by atoms with van der Waals surface area (Å²) in [5, 5.41) is 1.78. The van der Waals surface area contributed by atoms with Crippen LogP contribution in [0.2, 0.25) is 0 Å². The summed E-state index contributed by atoms with van der Waals surface area (Å²) in [5.41, 5.74) is 1.50. The fourth-order valence-corrected chi connectivity index (χ4v) is 2.66. The van der Waals surface area contributed by atoms with Gasteiger partial charge in [0.05, 0.1) is 5.56 Å². The summed E-state index contributed by atoms with van der Waals surface area (Å²) >= 11 is 0. The van der Waals surface area contributed by atoms with Crippen LogP contribution in [-0.2, 0) is 16.1 Å². The number of esters is 1. The van der Waals surface area contributed by atoms with Crippen LogP contribution in [0, 0.1) is 0 Å². The zero-order chi connectivity index (χ0) is 17.6. The Balaban J connectivity index is 1.62. The van der Waals surface area contributed by atoms with Crippen molar-refractivity contribution >= 4 is 22.6 Å². The van der Waals surface area contributed by atoms with Gasteiger partial charge in [0, 0.05) is 13.6 Å². The normalized spacial score (nSPS) is 10.4. The molecule has 0 aromatic heterocycles. The Hall–Kier alpha value is -3.14. The minimum Gasteiger partial charge on any atom is -0.452 e. The second kappa shape index (κ2) is 7.62. The third-order valence-corrected chi connectivity index (χ3v) is 4.02. The number of amides is 1. The van der Waals surface area contributed by atoms with Gasteiger partial charge >= 0.3 is 5.97 Å². The molecule has 126 valence electrons. The van der Waals surface area contributed by atoms with E-state index in [4.69, 9.17) is 4.74 Å². The predicted molar refractivity (Wildman–Crippen MR) is 97.1 cm³/mol. The average molecular weight is 333 g/mol. The molecule has 3 aromatic carbocycles. The maximum atomic E-state index is 12.4. The summed E-state index contributed by atoms with van der Waals surface area (Å²) in [4.78, 5) is 26.1. The molecule has 25 heavy (non-hydrogen) atoms. The molecule has 0 bridgehead atoms. The fraction of sp³-hybridized carbons (Fsp3) is 0.143. The first-order chi connectivity index (χ1) is 12.1. The highest BCUT2D eigenvalue weighted by atomic mass is 16.5. The molecule has 0 aliphatic heterocycles. The SMILES string of the molecule is CN(Cc1ccccc1)C(=O)COC(=O)c1cccc2ccccc12. The summed E-state index contributed by atoms with van der Waals surface area (Å²) in [6, 6.07) is 22.7. The smallest absolute Gasteiger partial charge is 0.339 e. The van der Waals surface area contributed by atoms with Crippen molar-refractivity contribution in [3.63, 3.8) is 0 Å². The lowest BCUT2D eigenvalue weighted by Crippen LogP contribution is -2.30. The van der Waals surface area contributed by atoms with E-state index in [1.807, 2.05) is 66.7 Å². The molecule has 0 saturated heterocycles. The van der Waals surface area contributed by atoms with E-state index < -0.39 is 5.97 Å². The van der Waals surface area contributed by atoms with Gasteiger partial charge in [-0.3, -0.25) is 4.79 Å². The van der Waals surface area contributed by atoms with Crippen LogP contribution in [0.3, 0.4) is 0 Å². The van der Waals surface area contributed by atoms with Crippen molar-refractivity contribution in [2.45, 2.75) is 6.54 Å². The molecule has 1 amide bonds. The van der Waals surface area contributed by atoms with Crippen molar-refractivity contribution in [3.8, 4) is 0 Å². The van der Waals surface area contributed by atoms with E-state index in [1.165, 1.54) is 0 Å². The van der Waals surface area contributed by atoms with E-state index in [1.54, 1.807) is 18.0 Å².